The highest BCUT2D eigenvalue weighted by Gasteiger charge is 2.36. The van der Waals surface area contributed by atoms with Crippen molar-refractivity contribution in [2.75, 3.05) is 6.61 Å². The van der Waals surface area contributed by atoms with Crippen molar-refractivity contribution in [1.82, 2.24) is 0 Å². The van der Waals surface area contributed by atoms with Crippen LogP contribution in [-0.2, 0) is 26.2 Å². The monoisotopic (exact) mass is 390 g/mol. The first-order valence-corrected chi connectivity index (χ1v) is 9.60. The van der Waals surface area contributed by atoms with Gasteiger partial charge in [-0.15, -0.1) is 0 Å². The molecule has 0 N–H and O–H groups in total. The zero-order valence-corrected chi connectivity index (χ0v) is 17.4. The number of hydrogen-bond donors (Lipinski definition) is 0. The number of benzene rings is 2. The molecule has 0 fully saturated rings. The highest BCUT2D eigenvalue weighted by Crippen LogP contribution is 2.49. The predicted molar refractivity (Wildman–Crippen MR) is 114 cm³/mol. The summed E-state index contributed by atoms with van der Waals surface area (Å²) in [6.07, 6.45) is 0.639. The first-order chi connectivity index (χ1) is 13.6. The Hall–Kier alpha value is -3.14. The van der Waals surface area contributed by atoms with Crippen LogP contribution in [0.25, 0.3) is 11.1 Å². The SMILES string of the molecule is C=C(C)C(=O)OCCc1ccc2c(c1)C(C)(C)c1cc(OC(=O)C(=C)C)ccc1-2. The minimum absolute atomic E-state index is 0.235. The predicted octanol–water partition coefficient (Wildman–Crippen LogP) is 5.14. The summed E-state index contributed by atoms with van der Waals surface area (Å²) in [5.74, 6) is -0.273. The van der Waals surface area contributed by atoms with Crippen LogP contribution in [0, 0.1) is 0 Å². The third-order valence-corrected chi connectivity index (χ3v) is 5.24. The number of rotatable bonds is 6. The fourth-order valence-corrected chi connectivity index (χ4v) is 3.56. The van der Waals surface area contributed by atoms with Gasteiger partial charge in [0, 0.05) is 23.0 Å². The van der Waals surface area contributed by atoms with Gasteiger partial charge in [0.1, 0.15) is 5.75 Å². The molecule has 0 saturated heterocycles. The van der Waals surface area contributed by atoms with Crippen LogP contribution in [0.1, 0.15) is 44.4 Å². The topological polar surface area (TPSA) is 52.6 Å². The summed E-state index contributed by atoms with van der Waals surface area (Å²) in [5, 5.41) is 0. The van der Waals surface area contributed by atoms with E-state index in [-0.39, 0.29) is 11.4 Å². The zero-order valence-electron chi connectivity index (χ0n) is 17.4. The van der Waals surface area contributed by atoms with Gasteiger partial charge in [-0.05, 0) is 53.8 Å². The van der Waals surface area contributed by atoms with E-state index < -0.39 is 5.97 Å². The van der Waals surface area contributed by atoms with E-state index in [9.17, 15) is 9.59 Å². The van der Waals surface area contributed by atoms with Crippen molar-refractivity contribution in [3.05, 3.63) is 77.4 Å². The molecular weight excluding hydrogens is 364 g/mol. The average molecular weight is 390 g/mol. The Kier molecular flexibility index (Phi) is 5.47. The van der Waals surface area contributed by atoms with Gasteiger partial charge in [-0.3, -0.25) is 0 Å². The van der Waals surface area contributed by atoms with Gasteiger partial charge in [0.15, 0.2) is 0 Å². The lowest BCUT2D eigenvalue weighted by atomic mass is 9.82. The molecule has 0 aliphatic heterocycles. The fraction of sp³-hybridized carbons (Fsp3) is 0.280. The Morgan fingerprint density at radius 1 is 0.897 bits per heavy atom. The number of fused-ring (bicyclic) bond motifs is 3. The molecule has 0 aromatic heterocycles. The molecule has 0 atom stereocenters. The van der Waals surface area contributed by atoms with Gasteiger partial charge in [0.05, 0.1) is 6.61 Å². The summed E-state index contributed by atoms with van der Waals surface area (Å²) < 4.78 is 10.6. The Morgan fingerprint density at radius 2 is 1.48 bits per heavy atom. The molecule has 2 aromatic rings. The number of ether oxygens (including phenoxy) is 2. The molecule has 1 aliphatic carbocycles. The van der Waals surface area contributed by atoms with E-state index in [0.717, 1.165) is 16.7 Å². The van der Waals surface area contributed by atoms with Gasteiger partial charge in [0.25, 0.3) is 0 Å². The van der Waals surface area contributed by atoms with Crippen molar-refractivity contribution in [3.8, 4) is 16.9 Å². The quantitative estimate of drug-likeness (QED) is 0.389. The molecule has 0 heterocycles. The van der Waals surface area contributed by atoms with Crippen LogP contribution in [0.4, 0.5) is 0 Å². The highest BCUT2D eigenvalue weighted by molar-refractivity contribution is 5.89. The Morgan fingerprint density at radius 3 is 2.10 bits per heavy atom. The molecule has 4 nitrogen and oxygen atoms in total. The van der Waals surface area contributed by atoms with Gasteiger partial charge in [-0.1, -0.05) is 51.3 Å². The van der Waals surface area contributed by atoms with Crippen molar-refractivity contribution < 1.29 is 19.1 Å². The maximum absolute atomic E-state index is 11.9. The van der Waals surface area contributed by atoms with Crippen molar-refractivity contribution >= 4 is 11.9 Å². The summed E-state index contributed by atoms with van der Waals surface area (Å²) >= 11 is 0. The minimum atomic E-state index is -0.426. The molecule has 0 spiro atoms. The smallest absolute Gasteiger partial charge is 0.338 e. The van der Waals surface area contributed by atoms with E-state index in [1.165, 1.54) is 11.1 Å². The number of carbonyl (C=O) groups excluding carboxylic acids is 2. The van der Waals surface area contributed by atoms with Crippen LogP contribution in [-0.4, -0.2) is 18.5 Å². The molecule has 29 heavy (non-hydrogen) atoms. The molecule has 0 unspecified atom stereocenters. The van der Waals surface area contributed by atoms with Crippen molar-refractivity contribution in [3.63, 3.8) is 0 Å². The van der Waals surface area contributed by atoms with Crippen LogP contribution >= 0.6 is 0 Å². The molecule has 4 heteroatoms. The second kappa shape index (κ2) is 7.70. The van der Waals surface area contributed by atoms with Gasteiger partial charge in [-0.2, -0.15) is 0 Å². The maximum atomic E-state index is 11.9. The third-order valence-electron chi connectivity index (χ3n) is 5.24. The van der Waals surface area contributed by atoms with E-state index in [2.05, 4.69) is 45.2 Å². The average Bonchev–Trinajstić information content (AvgIpc) is 2.88. The summed E-state index contributed by atoms with van der Waals surface area (Å²) in [4.78, 5) is 23.4. The summed E-state index contributed by atoms with van der Waals surface area (Å²) in [7, 11) is 0. The van der Waals surface area contributed by atoms with Crippen LogP contribution in [0.5, 0.6) is 5.75 Å². The molecule has 0 bridgehead atoms. The second-order valence-corrected chi connectivity index (χ2v) is 8.05. The maximum Gasteiger partial charge on any atom is 0.338 e. The molecule has 0 amide bonds. The first-order valence-electron chi connectivity index (χ1n) is 9.60. The van der Waals surface area contributed by atoms with E-state index in [1.807, 2.05) is 18.2 Å². The largest absolute Gasteiger partial charge is 0.462 e. The van der Waals surface area contributed by atoms with Crippen molar-refractivity contribution in [2.45, 2.75) is 39.5 Å². The van der Waals surface area contributed by atoms with E-state index in [4.69, 9.17) is 9.47 Å². The van der Waals surface area contributed by atoms with E-state index in [1.54, 1.807) is 13.8 Å². The van der Waals surface area contributed by atoms with Crippen LogP contribution in [0.2, 0.25) is 0 Å². The van der Waals surface area contributed by atoms with Gasteiger partial charge in [-0.25, -0.2) is 9.59 Å². The lowest BCUT2D eigenvalue weighted by Gasteiger charge is -2.22. The van der Waals surface area contributed by atoms with Crippen LogP contribution in [0.3, 0.4) is 0 Å². The fourth-order valence-electron chi connectivity index (χ4n) is 3.56. The van der Waals surface area contributed by atoms with Crippen LogP contribution in [0.15, 0.2) is 60.7 Å². The lowest BCUT2D eigenvalue weighted by molar-refractivity contribution is -0.138. The molecule has 0 radical (unpaired) electrons. The second-order valence-electron chi connectivity index (χ2n) is 8.05. The molecule has 2 aromatic carbocycles. The summed E-state index contributed by atoms with van der Waals surface area (Å²) in [6.45, 7) is 15.1. The van der Waals surface area contributed by atoms with E-state index in [0.29, 0.717) is 29.9 Å². The van der Waals surface area contributed by atoms with Gasteiger partial charge in [0.2, 0.25) is 0 Å². The van der Waals surface area contributed by atoms with E-state index >= 15 is 0 Å². The normalized spacial score (nSPS) is 13.2. The molecule has 1 aliphatic rings. The molecule has 3 rings (SSSR count). The van der Waals surface area contributed by atoms with Crippen molar-refractivity contribution in [2.24, 2.45) is 0 Å². The Balaban J connectivity index is 1.84. The van der Waals surface area contributed by atoms with Gasteiger partial charge < -0.3 is 9.47 Å². The molecular formula is C25H26O4. The lowest BCUT2D eigenvalue weighted by Crippen LogP contribution is -2.16. The molecule has 0 saturated carbocycles. The summed E-state index contributed by atoms with van der Waals surface area (Å²) in [5.41, 5.74) is 6.27. The number of esters is 2. The standard InChI is InChI=1S/C25H26O4/c1-15(2)23(26)28-12-11-17-7-9-19-20-10-8-18(29-24(27)16(3)4)14-22(20)25(5,6)21(19)13-17/h7-10,13-14H,1,3,11-12H2,2,4-6H3. The number of carbonyl (C=O) groups is 2. The Labute approximate surface area is 171 Å². The minimum Gasteiger partial charge on any atom is -0.462 e. The highest BCUT2D eigenvalue weighted by atomic mass is 16.5. The zero-order chi connectivity index (χ0) is 21.3. The number of hydrogen-bond acceptors (Lipinski definition) is 4. The first kappa shape index (κ1) is 20.6. The van der Waals surface area contributed by atoms with Crippen LogP contribution < -0.4 is 4.74 Å². The Bertz CT molecular complexity index is 1030. The van der Waals surface area contributed by atoms with Crippen molar-refractivity contribution in [1.29, 1.82) is 0 Å². The van der Waals surface area contributed by atoms with Gasteiger partial charge >= 0.3 is 11.9 Å². The summed E-state index contributed by atoms with van der Waals surface area (Å²) in [6, 6.07) is 12.1. The molecule has 150 valence electrons. The third kappa shape index (κ3) is 4.02.